The number of hydrogen-bond acceptors (Lipinski definition) is 2. The number of rotatable bonds is 2. The van der Waals surface area contributed by atoms with Crippen LogP contribution in [0.1, 0.15) is 13.3 Å². The second-order valence-corrected chi connectivity index (χ2v) is 1.79. The fourth-order valence-electron chi connectivity index (χ4n) is 0.299. The van der Waals surface area contributed by atoms with Crippen molar-refractivity contribution in [3.63, 3.8) is 0 Å². The third-order valence-electron chi connectivity index (χ3n) is 0.705. The highest BCUT2D eigenvalue weighted by Gasteiger charge is 1.86. The van der Waals surface area contributed by atoms with E-state index in [4.69, 9.17) is 0 Å². The van der Waals surface area contributed by atoms with Crippen molar-refractivity contribution in [1.29, 1.82) is 0 Å². The van der Waals surface area contributed by atoms with E-state index in [1.807, 2.05) is 0 Å². The smallest absolute Gasteiger partial charge is 0.256 e. The minimum absolute atomic E-state index is 0.479. The number of nitrogens with one attached hydrogen (secondary N) is 1. The summed E-state index contributed by atoms with van der Waals surface area (Å²) >= 11 is 4.69. The van der Waals surface area contributed by atoms with Gasteiger partial charge in [0.1, 0.15) is 0 Å². The van der Waals surface area contributed by atoms with Crippen molar-refractivity contribution in [2.75, 3.05) is 13.7 Å². The van der Waals surface area contributed by atoms with E-state index < -0.39 is 0 Å². The zero-order chi connectivity index (χ0) is 6.41. The van der Waals surface area contributed by atoms with Gasteiger partial charge in [0.2, 0.25) is 0 Å². The van der Waals surface area contributed by atoms with Gasteiger partial charge in [-0.1, -0.05) is 6.92 Å². The fourth-order valence-corrected chi connectivity index (χ4v) is 0.401. The lowest BCUT2D eigenvalue weighted by Gasteiger charge is -2.01. The summed E-state index contributed by atoms with van der Waals surface area (Å²) in [5.74, 6) is 0. The Bertz CT molecular complexity index is 74.8. The van der Waals surface area contributed by atoms with Crippen LogP contribution in [-0.2, 0) is 4.74 Å². The molecule has 3 heteroatoms. The van der Waals surface area contributed by atoms with Crippen LogP contribution in [0.25, 0.3) is 0 Å². The third-order valence-corrected chi connectivity index (χ3v) is 1.02. The van der Waals surface area contributed by atoms with Crippen LogP contribution in [0.2, 0.25) is 0 Å². The maximum Gasteiger partial charge on any atom is 0.256 e. The highest BCUT2D eigenvalue weighted by atomic mass is 32.1. The molecular formula is C5H11NOS. The van der Waals surface area contributed by atoms with E-state index in [-0.39, 0.29) is 0 Å². The van der Waals surface area contributed by atoms with E-state index in [1.165, 1.54) is 0 Å². The van der Waals surface area contributed by atoms with Crippen molar-refractivity contribution < 1.29 is 4.74 Å². The second kappa shape index (κ2) is 4.84. The van der Waals surface area contributed by atoms with E-state index in [2.05, 4.69) is 29.2 Å². The molecule has 2 nitrogen and oxygen atoms in total. The summed E-state index contributed by atoms with van der Waals surface area (Å²) in [6, 6.07) is 0. The first-order valence-electron chi connectivity index (χ1n) is 2.63. The lowest BCUT2D eigenvalue weighted by molar-refractivity contribution is 0.393. The summed E-state index contributed by atoms with van der Waals surface area (Å²) in [5, 5.41) is 3.37. The maximum absolute atomic E-state index is 4.69. The minimum atomic E-state index is 0.479. The van der Waals surface area contributed by atoms with E-state index in [1.54, 1.807) is 7.11 Å². The monoisotopic (exact) mass is 133 g/mol. The van der Waals surface area contributed by atoms with Gasteiger partial charge in [-0.05, 0) is 18.6 Å². The molecule has 0 saturated heterocycles. The standard InChI is InChI=1S/C5H11NOS/c1-3-4-6-5(8)7-2/h3-4H2,1-2H3,(H,6,8). The van der Waals surface area contributed by atoms with Crippen molar-refractivity contribution >= 4 is 17.4 Å². The Kier molecular flexibility index (Phi) is 4.65. The molecule has 0 aliphatic heterocycles. The SMILES string of the molecule is CCCNC(=S)OC. The fraction of sp³-hybridized carbons (Fsp3) is 0.800. The Labute approximate surface area is 55.2 Å². The first kappa shape index (κ1) is 7.69. The van der Waals surface area contributed by atoms with Gasteiger partial charge < -0.3 is 10.1 Å². The van der Waals surface area contributed by atoms with Gasteiger partial charge >= 0.3 is 0 Å². The van der Waals surface area contributed by atoms with E-state index in [0.717, 1.165) is 13.0 Å². The Balaban J connectivity index is 2.99. The molecule has 1 N–H and O–H groups in total. The number of hydrogen-bond donors (Lipinski definition) is 1. The summed E-state index contributed by atoms with van der Waals surface area (Å²) < 4.78 is 4.67. The van der Waals surface area contributed by atoms with Crippen LogP contribution < -0.4 is 5.32 Å². The van der Waals surface area contributed by atoms with Crippen molar-refractivity contribution in [2.45, 2.75) is 13.3 Å². The van der Waals surface area contributed by atoms with Crippen molar-refractivity contribution in [1.82, 2.24) is 5.32 Å². The Morgan fingerprint density at radius 1 is 1.75 bits per heavy atom. The van der Waals surface area contributed by atoms with Crippen LogP contribution in [-0.4, -0.2) is 18.8 Å². The highest BCUT2D eigenvalue weighted by molar-refractivity contribution is 7.80. The molecule has 0 aromatic heterocycles. The number of thiocarbonyl (C=S) groups is 1. The van der Waals surface area contributed by atoms with E-state index in [0.29, 0.717) is 5.17 Å². The zero-order valence-corrected chi connectivity index (χ0v) is 6.05. The van der Waals surface area contributed by atoms with Crippen LogP contribution in [0.5, 0.6) is 0 Å². The first-order valence-corrected chi connectivity index (χ1v) is 3.04. The molecule has 0 heterocycles. The van der Waals surface area contributed by atoms with Crippen molar-refractivity contribution in [3.05, 3.63) is 0 Å². The summed E-state index contributed by atoms with van der Waals surface area (Å²) in [4.78, 5) is 0. The summed E-state index contributed by atoms with van der Waals surface area (Å²) in [6.45, 7) is 2.97. The van der Waals surface area contributed by atoms with Crippen LogP contribution in [0.4, 0.5) is 0 Å². The average molecular weight is 133 g/mol. The Morgan fingerprint density at radius 3 is 2.75 bits per heavy atom. The summed E-state index contributed by atoms with van der Waals surface area (Å²) in [5.41, 5.74) is 0. The van der Waals surface area contributed by atoms with Crippen molar-refractivity contribution in [2.24, 2.45) is 0 Å². The molecule has 0 atom stereocenters. The molecule has 0 rings (SSSR count). The van der Waals surface area contributed by atoms with E-state index in [9.17, 15) is 0 Å². The molecule has 0 aromatic rings. The predicted octanol–water partition coefficient (Wildman–Crippen LogP) is 0.917. The lowest BCUT2D eigenvalue weighted by Crippen LogP contribution is -2.22. The van der Waals surface area contributed by atoms with Crippen LogP contribution >= 0.6 is 12.2 Å². The topological polar surface area (TPSA) is 21.3 Å². The summed E-state index contributed by atoms with van der Waals surface area (Å²) in [6.07, 6.45) is 1.07. The van der Waals surface area contributed by atoms with Gasteiger partial charge in [-0.15, -0.1) is 0 Å². The molecule has 0 saturated carbocycles. The Hall–Kier alpha value is -0.310. The second-order valence-electron chi connectivity index (χ2n) is 1.42. The molecule has 0 fully saturated rings. The van der Waals surface area contributed by atoms with Gasteiger partial charge in [-0.2, -0.15) is 0 Å². The molecule has 0 aliphatic carbocycles. The number of methoxy groups -OCH3 is 1. The summed E-state index contributed by atoms with van der Waals surface area (Å²) in [7, 11) is 1.56. The molecular weight excluding hydrogens is 122 g/mol. The van der Waals surface area contributed by atoms with Gasteiger partial charge in [0.05, 0.1) is 7.11 Å². The number of ether oxygens (including phenoxy) is 1. The molecule has 0 spiro atoms. The molecule has 0 radical (unpaired) electrons. The van der Waals surface area contributed by atoms with Gasteiger partial charge in [0.15, 0.2) is 0 Å². The largest absolute Gasteiger partial charge is 0.474 e. The lowest BCUT2D eigenvalue weighted by atomic mass is 10.5. The molecule has 0 unspecified atom stereocenters. The van der Waals surface area contributed by atoms with Gasteiger partial charge in [-0.25, -0.2) is 0 Å². The molecule has 8 heavy (non-hydrogen) atoms. The zero-order valence-electron chi connectivity index (χ0n) is 5.23. The van der Waals surface area contributed by atoms with Crippen LogP contribution in [0.15, 0.2) is 0 Å². The van der Waals surface area contributed by atoms with Gasteiger partial charge in [-0.3, -0.25) is 0 Å². The molecule has 48 valence electrons. The van der Waals surface area contributed by atoms with Crippen LogP contribution in [0, 0.1) is 0 Å². The molecule has 0 amide bonds. The first-order chi connectivity index (χ1) is 3.81. The maximum atomic E-state index is 4.69. The molecule has 0 aromatic carbocycles. The van der Waals surface area contributed by atoms with E-state index >= 15 is 0 Å². The average Bonchev–Trinajstić information content (AvgIpc) is 1.83. The van der Waals surface area contributed by atoms with Gasteiger partial charge in [0, 0.05) is 6.54 Å². The van der Waals surface area contributed by atoms with Crippen LogP contribution in [0.3, 0.4) is 0 Å². The third kappa shape index (κ3) is 3.87. The van der Waals surface area contributed by atoms with Gasteiger partial charge in [0.25, 0.3) is 5.17 Å². The molecule has 0 bridgehead atoms. The predicted molar refractivity (Wildman–Crippen MR) is 37.9 cm³/mol. The normalized spacial score (nSPS) is 8.25. The minimum Gasteiger partial charge on any atom is -0.474 e. The highest BCUT2D eigenvalue weighted by Crippen LogP contribution is 1.73. The Morgan fingerprint density at radius 2 is 2.38 bits per heavy atom. The van der Waals surface area contributed by atoms with Crippen molar-refractivity contribution in [3.8, 4) is 0 Å². The molecule has 0 aliphatic rings. The quantitative estimate of drug-likeness (QED) is 0.566.